The maximum Gasteiger partial charge on any atom is 0.273 e. The van der Waals surface area contributed by atoms with Crippen molar-refractivity contribution in [3.8, 4) is 11.5 Å². The van der Waals surface area contributed by atoms with Crippen LogP contribution >= 0.6 is 11.6 Å². The van der Waals surface area contributed by atoms with Crippen LogP contribution in [-0.2, 0) is 0 Å². The molecule has 31 heavy (non-hydrogen) atoms. The number of rotatable bonds is 4. The van der Waals surface area contributed by atoms with E-state index in [1.54, 1.807) is 37.3 Å². The van der Waals surface area contributed by atoms with Crippen molar-refractivity contribution in [2.24, 2.45) is 0 Å². The van der Waals surface area contributed by atoms with Gasteiger partial charge in [0.1, 0.15) is 5.52 Å². The number of nitro benzene ring substituents is 1. The summed E-state index contributed by atoms with van der Waals surface area (Å²) in [6.45, 7) is 5.55. The zero-order chi connectivity index (χ0) is 22.3. The zero-order valence-corrected chi connectivity index (χ0v) is 17.8. The lowest BCUT2D eigenvalue weighted by atomic mass is 10.1. The number of benzene rings is 3. The van der Waals surface area contributed by atoms with E-state index in [1.807, 2.05) is 26.0 Å². The molecule has 0 aliphatic rings. The lowest BCUT2D eigenvalue weighted by molar-refractivity contribution is -0.385. The van der Waals surface area contributed by atoms with Crippen molar-refractivity contribution in [1.29, 1.82) is 0 Å². The van der Waals surface area contributed by atoms with Gasteiger partial charge in [0.05, 0.1) is 15.5 Å². The Kier molecular flexibility index (Phi) is 5.20. The fraction of sp³-hybridized carbons (Fsp3) is 0.130. The van der Waals surface area contributed by atoms with E-state index in [9.17, 15) is 14.9 Å². The molecule has 1 amide bonds. The van der Waals surface area contributed by atoms with Crippen LogP contribution < -0.4 is 5.32 Å². The van der Waals surface area contributed by atoms with E-state index in [2.05, 4.69) is 10.3 Å². The number of aromatic nitrogens is 1. The number of amides is 1. The number of carbonyl (C=O) groups excluding carboxylic acids is 1. The number of oxazole rings is 1. The predicted molar refractivity (Wildman–Crippen MR) is 120 cm³/mol. The highest BCUT2D eigenvalue weighted by molar-refractivity contribution is 6.33. The van der Waals surface area contributed by atoms with Crippen LogP contribution in [0.15, 0.2) is 52.9 Å². The summed E-state index contributed by atoms with van der Waals surface area (Å²) < 4.78 is 5.94. The van der Waals surface area contributed by atoms with E-state index in [0.717, 1.165) is 16.6 Å². The maximum absolute atomic E-state index is 12.7. The Morgan fingerprint density at radius 3 is 2.58 bits per heavy atom. The van der Waals surface area contributed by atoms with E-state index < -0.39 is 10.8 Å². The van der Waals surface area contributed by atoms with E-state index in [-0.39, 0.29) is 11.3 Å². The number of fused-ring (bicyclic) bond motifs is 1. The number of carbonyl (C=O) groups is 1. The molecule has 0 saturated heterocycles. The highest BCUT2D eigenvalue weighted by Crippen LogP contribution is 2.33. The Labute approximate surface area is 182 Å². The van der Waals surface area contributed by atoms with Crippen molar-refractivity contribution in [3.05, 3.63) is 85.9 Å². The van der Waals surface area contributed by atoms with Crippen molar-refractivity contribution < 1.29 is 14.1 Å². The molecule has 0 spiro atoms. The minimum atomic E-state index is -0.510. The molecule has 3 aromatic carbocycles. The van der Waals surface area contributed by atoms with Gasteiger partial charge >= 0.3 is 0 Å². The van der Waals surface area contributed by atoms with Gasteiger partial charge in [-0.1, -0.05) is 23.7 Å². The van der Waals surface area contributed by atoms with E-state index in [4.69, 9.17) is 16.0 Å². The lowest BCUT2D eigenvalue weighted by Gasteiger charge is -2.08. The molecule has 0 aliphatic heterocycles. The van der Waals surface area contributed by atoms with Crippen LogP contribution in [0.5, 0.6) is 0 Å². The van der Waals surface area contributed by atoms with Crippen LogP contribution in [0.25, 0.3) is 22.6 Å². The molecule has 8 heteroatoms. The molecule has 0 fully saturated rings. The average molecular weight is 436 g/mol. The van der Waals surface area contributed by atoms with Gasteiger partial charge in [0.15, 0.2) is 5.58 Å². The third kappa shape index (κ3) is 4.00. The minimum Gasteiger partial charge on any atom is -0.436 e. The molecule has 0 aliphatic carbocycles. The fourth-order valence-electron chi connectivity index (χ4n) is 3.41. The second kappa shape index (κ2) is 7.85. The van der Waals surface area contributed by atoms with Crippen molar-refractivity contribution >= 4 is 40.0 Å². The van der Waals surface area contributed by atoms with Crippen molar-refractivity contribution in [1.82, 2.24) is 4.98 Å². The molecule has 0 unspecified atom stereocenters. The largest absolute Gasteiger partial charge is 0.436 e. The number of hydrogen-bond donors (Lipinski definition) is 1. The summed E-state index contributed by atoms with van der Waals surface area (Å²) in [6.07, 6.45) is 0. The van der Waals surface area contributed by atoms with Crippen LogP contribution in [0.1, 0.15) is 27.0 Å². The third-order valence-corrected chi connectivity index (χ3v) is 5.27. The zero-order valence-electron chi connectivity index (χ0n) is 17.0. The number of hydrogen-bond acceptors (Lipinski definition) is 5. The van der Waals surface area contributed by atoms with E-state index in [1.165, 1.54) is 6.07 Å². The number of halogens is 1. The normalized spacial score (nSPS) is 11.0. The molecule has 7 nitrogen and oxygen atoms in total. The van der Waals surface area contributed by atoms with Crippen molar-refractivity contribution in [2.75, 3.05) is 5.32 Å². The van der Waals surface area contributed by atoms with Gasteiger partial charge in [-0.2, -0.15) is 0 Å². The molecule has 156 valence electrons. The standard InChI is InChI=1S/C23H18ClN3O4/c1-12-8-14(3)21-19(9-12)26-23(31-21)17-11-16(6-7-18(17)24)25-22(28)15-5-4-13(2)20(10-15)27(29)30/h4-11H,1-3H3,(H,25,28). The van der Waals surface area contributed by atoms with Gasteiger partial charge in [0.25, 0.3) is 11.6 Å². The molecular formula is C23H18ClN3O4. The first-order valence-corrected chi connectivity index (χ1v) is 9.85. The molecule has 1 N–H and O–H groups in total. The maximum atomic E-state index is 12.7. The van der Waals surface area contributed by atoms with Gasteiger partial charge in [-0.3, -0.25) is 14.9 Å². The first kappa shape index (κ1) is 20.6. The lowest BCUT2D eigenvalue weighted by Crippen LogP contribution is -2.12. The van der Waals surface area contributed by atoms with Crippen LogP contribution in [0.4, 0.5) is 11.4 Å². The first-order chi connectivity index (χ1) is 14.7. The van der Waals surface area contributed by atoms with Crippen LogP contribution in [0, 0.1) is 30.9 Å². The Hall–Kier alpha value is -3.71. The monoisotopic (exact) mass is 435 g/mol. The summed E-state index contributed by atoms with van der Waals surface area (Å²) in [6, 6.07) is 13.2. The molecule has 0 saturated carbocycles. The minimum absolute atomic E-state index is 0.110. The second-order valence-corrected chi connectivity index (χ2v) is 7.76. The highest BCUT2D eigenvalue weighted by Gasteiger charge is 2.17. The summed E-state index contributed by atoms with van der Waals surface area (Å²) in [5, 5.41) is 14.3. The molecule has 1 aromatic heterocycles. The number of nitro groups is 1. The topological polar surface area (TPSA) is 98.3 Å². The summed E-state index contributed by atoms with van der Waals surface area (Å²) in [5.41, 5.74) is 4.99. The predicted octanol–water partition coefficient (Wildman–Crippen LogP) is 6.23. The summed E-state index contributed by atoms with van der Waals surface area (Å²) in [4.78, 5) is 27.8. The van der Waals surface area contributed by atoms with Gasteiger partial charge in [-0.25, -0.2) is 4.98 Å². The van der Waals surface area contributed by atoms with Gasteiger partial charge in [-0.15, -0.1) is 0 Å². The van der Waals surface area contributed by atoms with Gasteiger partial charge in [0, 0.05) is 22.9 Å². The van der Waals surface area contributed by atoms with Gasteiger partial charge in [0.2, 0.25) is 5.89 Å². The summed E-state index contributed by atoms with van der Waals surface area (Å²) in [5.74, 6) is -0.129. The fourth-order valence-corrected chi connectivity index (χ4v) is 3.61. The Morgan fingerprint density at radius 1 is 1.06 bits per heavy atom. The van der Waals surface area contributed by atoms with Crippen LogP contribution in [0.2, 0.25) is 5.02 Å². The second-order valence-electron chi connectivity index (χ2n) is 7.36. The van der Waals surface area contributed by atoms with Crippen LogP contribution in [-0.4, -0.2) is 15.8 Å². The molecule has 0 atom stereocenters. The third-order valence-electron chi connectivity index (χ3n) is 4.94. The average Bonchev–Trinajstić information content (AvgIpc) is 3.13. The Bertz CT molecular complexity index is 1360. The first-order valence-electron chi connectivity index (χ1n) is 9.47. The molecule has 0 radical (unpaired) electrons. The quantitative estimate of drug-likeness (QED) is 0.302. The number of anilines is 1. The van der Waals surface area contributed by atoms with Gasteiger partial charge < -0.3 is 9.73 Å². The van der Waals surface area contributed by atoms with Crippen LogP contribution in [0.3, 0.4) is 0 Å². The highest BCUT2D eigenvalue weighted by atomic mass is 35.5. The molecule has 0 bridgehead atoms. The molecule has 1 heterocycles. The Balaban J connectivity index is 1.67. The SMILES string of the molecule is Cc1cc(C)c2oc(-c3cc(NC(=O)c4ccc(C)c([N+](=O)[O-])c4)ccc3Cl)nc2c1. The van der Waals surface area contributed by atoms with Crippen molar-refractivity contribution in [2.45, 2.75) is 20.8 Å². The molecule has 4 aromatic rings. The smallest absolute Gasteiger partial charge is 0.273 e. The summed E-state index contributed by atoms with van der Waals surface area (Å²) in [7, 11) is 0. The molecular weight excluding hydrogens is 418 g/mol. The number of nitrogens with one attached hydrogen (secondary N) is 1. The van der Waals surface area contributed by atoms with Gasteiger partial charge in [-0.05, 0) is 62.2 Å². The summed E-state index contributed by atoms with van der Waals surface area (Å²) >= 11 is 6.37. The van der Waals surface area contributed by atoms with Crippen molar-refractivity contribution in [3.63, 3.8) is 0 Å². The van der Waals surface area contributed by atoms with E-state index in [0.29, 0.717) is 33.3 Å². The number of nitrogens with zero attached hydrogens (tertiary/aromatic N) is 2. The molecule has 4 rings (SSSR count). The Morgan fingerprint density at radius 2 is 1.84 bits per heavy atom. The van der Waals surface area contributed by atoms with E-state index >= 15 is 0 Å². The number of aryl methyl sites for hydroxylation is 3.